The number of hydrogen-bond acceptors (Lipinski definition) is 3. The Hall–Kier alpha value is -1.55. The van der Waals surface area contributed by atoms with Gasteiger partial charge in [-0.15, -0.1) is 0 Å². The van der Waals surface area contributed by atoms with E-state index in [0.717, 1.165) is 5.56 Å². The molecule has 0 saturated carbocycles. The molecule has 1 amide bonds. The lowest BCUT2D eigenvalue weighted by Crippen LogP contribution is -2.29. The molecule has 15 heavy (non-hydrogen) atoms. The summed E-state index contributed by atoms with van der Waals surface area (Å²) in [6.07, 6.45) is 0. The molecule has 0 aliphatic heterocycles. The van der Waals surface area contributed by atoms with E-state index in [1.807, 2.05) is 6.92 Å². The van der Waals surface area contributed by atoms with E-state index < -0.39 is 0 Å². The van der Waals surface area contributed by atoms with Crippen molar-refractivity contribution >= 4 is 5.91 Å². The second kappa shape index (κ2) is 4.79. The number of aryl methyl sites for hydroxylation is 1. The Bertz CT molecular complexity index is 359. The van der Waals surface area contributed by atoms with Crippen LogP contribution in [-0.4, -0.2) is 29.7 Å². The Morgan fingerprint density at radius 3 is 2.67 bits per heavy atom. The van der Waals surface area contributed by atoms with Crippen LogP contribution in [0.15, 0.2) is 18.2 Å². The number of phenolic OH excluding ortho intramolecular Hbond substituents is 1. The zero-order valence-electron chi connectivity index (χ0n) is 9.15. The number of aromatic hydroxyl groups is 1. The highest BCUT2D eigenvalue weighted by Gasteiger charge is 2.17. The summed E-state index contributed by atoms with van der Waals surface area (Å²) in [5.74, 6) is -0.354. The van der Waals surface area contributed by atoms with E-state index in [1.165, 1.54) is 12.2 Å². The Morgan fingerprint density at radius 2 is 2.20 bits per heavy atom. The predicted octanol–water partition coefficient (Wildman–Crippen LogP) is 1.72. The van der Waals surface area contributed by atoms with Crippen LogP contribution in [0.25, 0.3) is 0 Å². The standard InChI is InChI=1S/C11H15NO3/c1-4-12(15-3)11(14)9-6-5-8(2)7-10(9)13/h5-7,13H,4H2,1-3H3. The molecule has 1 rings (SSSR count). The third-order valence-corrected chi connectivity index (χ3v) is 2.12. The quantitative estimate of drug-likeness (QED) is 0.771. The molecule has 0 heterocycles. The fourth-order valence-electron chi connectivity index (χ4n) is 1.31. The topological polar surface area (TPSA) is 49.8 Å². The van der Waals surface area contributed by atoms with Crippen molar-refractivity contribution in [2.24, 2.45) is 0 Å². The maximum Gasteiger partial charge on any atom is 0.281 e. The van der Waals surface area contributed by atoms with Crippen LogP contribution >= 0.6 is 0 Å². The smallest absolute Gasteiger partial charge is 0.281 e. The highest BCUT2D eigenvalue weighted by Crippen LogP contribution is 2.20. The Labute approximate surface area is 89.0 Å². The lowest BCUT2D eigenvalue weighted by Gasteiger charge is -2.17. The lowest BCUT2D eigenvalue weighted by molar-refractivity contribution is -0.0916. The van der Waals surface area contributed by atoms with Crippen molar-refractivity contribution in [3.63, 3.8) is 0 Å². The van der Waals surface area contributed by atoms with Crippen molar-refractivity contribution in [3.8, 4) is 5.75 Å². The summed E-state index contributed by atoms with van der Waals surface area (Å²) in [7, 11) is 1.42. The Balaban J connectivity index is 3.00. The second-order valence-electron chi connectivity index (χ2n) is 3.20. The maximum absolute atomic E-state index is 11.8. The molecule has 0 saturated heterocycles. The van der Waals surface area contributed by atoms with Gasteiger partial charge >= 0.3 is 0 Å². The van der Waals surface area contributed by atoms with Crippen LogP contribution in [-0.2, 0) is 4.84 Å². The zero-order valence-corrected chi connectivity index (χ0v) is 9.15. The number of rotatable bonds is 3. The molecule has 1 aromatic carbocycles. The van der Waals surface area contributed by atoms with Crippen LogP contribution in [0.5, 0.6) is 5.75 Å². The Morgan fingerprint density at radius 1 is 1.53 bits per heavy atom. The molecule has 0 atom stereocenters. The van der Waals surface area contributed by atoms with E-state index in [-0.39, 0.29) is 17.2 Å². The molecule has 0 unspecified atom stereocenters. The van der Waals surface area contributed by atoms with Crippen LogP contribution in [0.4, 0.5) is 0 Å². The first-order valence-electron chi connectivity index (χ1n) is 4.75. The van der Waals surface area contributed by atoms with E-state index >= 15 is 0 Å². The Kier molecular flexibility index (Phi) is 3.68. The third kappa shape index (κ3) is 2.47. The normalized spacial score (nSPS) is 10.1. The number of carbonyl (C=O) groups is 1. The summed E-state index contributed by atoms with van der Waals surface area (Å²) < 4.78 is 0. The maximum atomic E-state index is 11.8. The highest BCUT2D eigenvalue weighted by molar-refractivity contribution is 5.96. The van der Waals surface area contributed by atoms with Crippen molar-refractivity contribution in [3.05, 3.63) is 29.3 Å². The van der Waals surface area contributed by atoms with E-state index in [1.54, 1.807) is 25.1 Å². The molecule has 0 aliphatic rings. The SMILES string of the molecule is CCN(OC)C(=O)c1ccc(C)cc1O. The summed E-state index contributed by atoms with van der Waals surface area (Å²) in [6, 6.07) is 4.92. The minimum Gasteiger partial charge on any atom is -0.507 e. The molecule has 0 radical (unpaired) electrons. The molecule has 1 aromatic rings. The van der Waals surface area contributed by atoms with Crippen molar-refractivity contribution < 1.29 is 14.7 Å². The van der Waals surface area contributed by atoms with Gasteiger partial charge in [-0.25, -0.2) is 5.06 Å². The van der Waals surface area contributed by atoms with Gasteiger partial charge in [0.25, 0.3) is 5.91 Å². The van der Waals surface area contributed by atoms with Crippen LogP contribution in [0.3, 0.4) is 0 Å². The molecule has 0 fully saturated rings. The van der Waals surface area contributed by atoms with E-state index in [0.29, 0.717) is 6.54 Å². The van der Waals surface area contributed by atoms with Crippen molar-refractivity contribution in [2.75, 3.05) is 13.7 Å². The number of phenols is 1. The number of hydrogen-bond donors (Lipinski definition) is 1. The van der Waals surface area contributed by atoms with E-state index in [4.69, 9.17) is 4.84 Å². The van der Waals surface area contributed by atoms with Gasteiger partial charge in [0, 0.05) is 6.54 Å². The average Bonchev–Trinajstić information content (AvgIpc) is 2.19. The molecule has 0 spiro atoms. The number of amides is 1. The number of benzene rings is 1. The number of hydroxylamine groups is 2. The van der Waals surface area contributed by atoms with Gasteiger partial charge in [0.2, 0.25) is 0 Å². The summed E-state index contributed by atoms with van der Waals surface area (Å²) >= 11 is 0. The number of nitrogens with zero attached hydrogens (tertiary/aromatic N) is 1. The molecular weight excluding hydrogens is 194 g/mol. The second-order valence-corrected chi connectivity index (χ2v) is 3.20. The van der Waals surface area contributed by atoms with Crippen LogP contribution in [0, 0.1) is 6.92 Å². The molecule has 4 heteroatoms. The van der Waals surface area contributed by atoms with Crippen molar-refractivity contribution in [2.45, 2.75) is 13.8 Å². The molecule has 0 aliphatic carbocycles. The first-order chi connectivity index (χ1) is 7.10. The van der Waals surface area contributed by atoms with Gasteiger partial charge in [-0.2, -0.15) is 0 Å². The first kappa shape index (κ1) is 11.5. The average molecular weight is 209 g/mol. The summed E-state index contributed by atoms with van der Waals surface area (Å²) in [6.45, 7) is 4.08. The predicted molar refractivity (Wildman–Crippen MR) is 56.6 cm³/mol. The summed E-state index contributed by atoms with van der Waals surface area (Å²) in [4.78, 5) is 16.7. The van der Waals surface area contributed by atoms with Crippen LogP contribution < -0.4 is 0 Å². The van der Waals surface area contributed by atoms with Crippen molar-refractivity contribution in [1.29, 1.82) is 0 Å². The van der Waals surface area contributed by atoms with Gasteiger partial charge in [0.1, 0.15) is 5.75 Å². The van der Waals surface area contributed by atoms with E-state index in [9.17, 15) is 9.90 Å². The fourth-order valence-corrected chi connectivity index (χ4v) is 1.31. The van der Waals surface area contributed by atoms with Gasteiger partial charge in [-0.05, 0) is 31.5 Å². The highest BCUT2D eigenvalue weighted by atomic mass is 16.7. The summed E-state index contributed by atoms with van der Waals surface area (Å²) in [5.41, 5.74) is 1.16. The lowest BCUT2D eigenvalue weighted by atomic mass is 10.1. The fraction of sp³-hybridized carbons (Fsp3) is 0.364. The molecular formula is C11H15NO3. The summed E-state index contributed by atoms with van der Waals surface area (Å²) in [5, 5.41) is 10.8. The molecule has 1 N–H and O–H groups in total. The van der Waals surface area contributed by atoms with Gasteiger partial charge in [-0.3, -0.25) is 9.63 Å². The van der Waals surface area contributed by atoms with E-state index in [2.05, 4.69) is 0 Å². The minimum absolute atomic E-state index is 0.0181. The van der Waals surface area contributed by atoms with Gasteiger partial charge in [-0.1, -0.05) is 6.07 Å². The molecule has 4 nitrogen and oxygen atoms in total. The van der Waals surface area contributed by atoms with Crippen LogP contribution in [0.2, 0.25) is 0 Å². The monoisotopic (exact) mass is 209 g/mol. The molecule has 0 bridgehead atoms. The molecule has 0 aromatic heterocycles. The van der Waals surface area contributed by atoms with Gasteiger partial charge in [0.05, 0.1) is 12.7 Å². The van der Waals surface area contributed by atoms with Crippen molar-refractivity contribution in [1.82, 2.24) is 5.06 Å². The third-order valence-electron chi connectivity index (χ3n) is 2.12. The van der Waals surface area contributed by atoms with Gasteiger partial charge < -0.3 is 5.11 Å². The minimum atomic E-state index is -0.336. The first-order valence-corrected chi connectivity index (χ1v) is 4.75. The number of carbonyl (C=O) groups excluding carboxylic acids is 1. The zero-order chi connectivity index (χ0) is 11.4. The largest absolute Gasteiger partial charge is 0.507 e. The van der Waals surface area contributed by atoms with Gasteiger partial charge in [0.15, 0.2) is 0 Å². The van der Waals surface area contributed by atoms with Crippen LogP contribution in [0.1, 0.15) is 22.8 Å². The molecule has 82 valence electrons.